The van der Waals surface area contributed by atoms with Crippen molar-refractivity contribution in [1.29, 1.82) is 0 Å². The molecule has 0 aliphatic rings. The molecule has 0 bridgehead atoms. The molecule has 0 saturated carbocycles. The standard InChI is InChI=1S/C8H22Si2/c1-4-5-6-7-8-9-10(2)3/h10H,4-9H2,1-3H3. The van der Waals surface area contributed by atoms with Crippen molar-refractivity contribution in [2.75, 3.05) is 0 Å². The van der Waals surface area contributed by atoms with Gasteiger partial charge < -0.3 is 0 Å². The highest BCUT2D eigenvalue weighted by molar-refractivity contribution is 7.11. The summed E-state index contributed by atoms with van der Waals surface area (Å²) in [4.78, 5) is 0. The second kappa shape index (κ2) is 7.54. The minimum atomic E-state index is -0.0832. The maximum atomic E-state index is 2.51. The van der Waals surface area contributed by atoms with Gasteiger partial charge in [0.15, 0.2) is 0 Å². The second-order valence-electron chi connectivity index (χ2n) is 3.60. The molecule has 0 heterocycles. The molecular weight excluding hydrogens is 152 g/mol. The first-order valence-electron chi connectivity index (χ1n) is 4.77. The summed E-state index contributed by atoms with van der Waals surface area (Å²) in [5.41, 5.74) is 0. The molecule has 0 aromatic heterocycles. The molecular formula is C8H22Si2. The molecule has 0 fully saturated rings. The van der Waals surface area contributed by atoms with Crippen molar-refractivity contribution in [2.24, 2.45) is 0 Å². The SMILES string of the molecule is CCCCCC[SiH2][SiH](C)C. The van der Waals surface area contributed by atoms with Gasteiger partial charge in [0, 0.05) is 17.4 Å². The lowest BCUT2D eigenvalue weighted by atomic mass is 10.2. The predicted molar refractivity (Wildman–Crippen MR) is 56.4 cm³/mol. The van der Waals surface area contributed by atoms with Crippen molar-refractivity contribution < 1.29 is 0 Å². The highest BCUT2D eigenvalue weighted by Crippen LogP contribution is 2.02. The maximum absolute atomic E-state index is 2.51. The fourth-order valence-corrected chi connectivity index (χ4v) is 5.93. The maximum Gasteiger partial charge on any atom is 0.0180 e. The van der Waals surface area contributed by atoms with Crippen LogP contribution in [0.2, 0.25) is 19.1 Å². The molecule has 0 spiro atoms. The number of unbranched alkanes of at least 4 members (excludes halogenated alkanes) is 3. The van der Waals surface area contributed by atoms with Crippen LogP contribution in [0.25, 0.3) is 0 Å². The van der Waals surface area contributed by atoms with Gasteiger partial charge in [-0.1, -0.05) is 51.7 Å². The van der Waals surface area contributed by atoms with Gasteiger partial charge in [-0.15, -0.1) is 0 Å². The highest BCUT2D eigenvalue weighted by atomic mass is 29.2. The summed E-state index contributed by atoms with van der Waals surface area (Å²) in [6.07, 6.45) is 5.91. The molecule has 10 heavy (non-hydrogen) atoms. The molecule has 0 saturated heterocycles. The van der Waals surface area contributed by atoms with Crippen LogP contribution in [-0.2, 0) is 0 Å². The summed E-state index contributed by atoms with van der Waals surface area (Å²) in [7, 11) is 0.374. The van der Waals surface area contributed by atoms with Crippen LogP contribution in [0.4, 0.5) is 0 Å². The first-order valence-corrected chi connectivity index (χ1v) is 11.3. The number of hydrogen-bond acceptors (Lipinski definition) is 0. The fourth-order valence-electron chi connectivity index (χ4n) is 1.16. The van der Waals surface area contributed by atoms with Crippen LogP contribution in [0.5, 0.6) is 0 Å². The Labute approximate surface area is 69.6 Å². The van der Waals surface area contributed by atoms with E-state index in [0.29, 0.717) is 9.04 Å². The lowest BCUT2D eigenvalue weighted by Gasteiger charge is -2.00. The smallest absolute Gasteiger partial charge is 0.0180 e. The Balaban J connectivity index is 2.77. The van der Waals surface area contributed by atoms with Crippen molar-refractivity contribution in [2.45, 2.75) is 51.7 Å². The zero-order valence-electron chi connectivity index (χ0n) is 7.82. The molecule has 0 amide bonds. The quantitative estimate of drug-likeness (QED) is 0.427. The van der Waals surface area contributed by atoms with Crippen LogP contribution in [0.3, 0.4) is 0 Å². The highest BCUT2D eigenvalue weighted by Gasteiger charge is 1.95. The average molecular weight is 174 g/mol. The Morgan fingerprint density at radius 3 is 2.30 bits per heavy atom. The number of rotatable bonds is 6. The molecule has 0 rings (SSSR count). The van der Waals surface area contributed by atoms with Gasteiger partial charge in [-0.3, -0.25) is 0 Å². The first-order chi connectivity index (χ1) is 4.77. The van der Waals surface area contributed by atoms with Gasteiger partial charge in [0.05, 0.1) is 0 Å². The zero-order chi connectivity index (χ0) is 7.82. The third kappa shape index (κ3) is 8.43. The van der Waals surface area contributed by atoms with Gasteiger partial charge in [0.25, 0.3) is 0 Å². The predicted octanol–water partition coefficient (Wildman–Crippen LogP) is 2.14. The largest absolute Gasteiger partial charge is 0.0745 e. The van der Waals surface area contributed by atoms with E-state index < -0.39 is 0 Å². The first kappa shape index (κ1) is 10.4. The third-order valence-electron chi connectivity index (χ3n) is 1.89. The lowest BCUT2D eigenvalue weighted by molar-refractivity contribution is 0.701. The van der Waals surface area contributed by atoms with Crippen molar-refractivity contribution in [3.63, 3.8) is 0 Å². The van der Waals surface area contributed by atoms with Gasteiger partial charge in [0.2, 0.25) is 0 Å². The van der Waals surface area contributed by atoms with E-state index in [1.54, 1.807) is 12.5 Å². The Morgan fingerprint density at radius 1 is 1.10 bits per heavy atom. The van der Waals surface area contributed by atoms with Gasteiger partial charge in [-0.25, -0.2) is 0 Å². The zero-order valence-corrected chi connectivity index (χ0v) is 10.4. The van der Waals surface area contributed by atoms with Crippen LogP contribution >= 0.6 is 0 Å². The molecule has 0 aromatic rings. The van der Waals surface area contributed by atoms with E-state index in [9.17, 15) is 0 Å². The fraction of sp³-hybridized carbons (Fsp3) is 1.00. The summed E-state index contributed by atoms with van der Waals surface area (Å²) >= 11 is 0. The molecule has 0 aliphatic heterocycles. The van der Waals surface area contributed by atoms with E-state index in [1.807, 2.05) is 0 Å². The van der Waals surface area contributed by atoms with E-state index in [-0.39, 0.29) is 8.31 Å². The Kier molecular flexibility index (Phi) is 7.87. The van der Waals surface area contributed by atoms with E-state index in [4.69, 9.17) is 0 Å². The minimum absolute atomic E-state index is 0.0832. The van der Waals surface area contributed by atoms with Crippen LogP contribution in [0.15, 0.2) is 0 Å². The van der Waals surface area contributed by atoms with Crippen molar-refractivity contribution in [3.8, 4) is 0 Å². The Morgan fingerprint density at radius 2 is 1.80 bits per heavy atom. The van der Waals surface area contributed by atoms with Crippen LogP contribution < -0.4 is 0 Å². The van der Waals surface area contributed by atoms with Crippen LogP contribution in [-0.4, -0.2) is 17.4 Å². The molecule has 0 aromatic carbocycles. The van der Waals surface area contributed by atoms with E-state index >= 15 is 0 Å². The topological polar surface area (TPSA) is 0 Å². The van der Waals surface area contributed by atoms with Gasteiger partial charge in [-0.2, -0.15) is 0 Å². The van der Waals surface area contributed by atoms with Gasteiger partial charge in [-0.05, 0) is 0 Å². The van der Waals surface area contributed by atoms with Crippen molar-refractivity contribution in [3.05, 3.63) is 0 Å². The van der Waals surface area contributed by atoms with E-state index in [1.165, 1.54) is 19.3 Å². The normalized spacial score (nSPS) is 12.0. The van der Waals surface area contributed by atoms with E-state index in [2.05, 4.69) is 20.0 Å². The minimum Gasteiger partial charge on any atom is -0.0745 e. The Bertz CT molecular complexity index is 62.3. The summed E-state index contributed by atoms with van der Waals surface area (Å²) < 4.78 is 0. The number of hydrogen-bond donors (Lipinski definition) is 0. The summed E-state index contributed by atoms with van der Waals surface area (Å²) in [5, 5.41) is 0. The van der Waals surface area contributed by atoms with E-state index in [0.717, 1.165) is 0 Å². The monoisotopic (exact) mass is 174 g/mol. The summed E-state index contributed by atoms with van der Waals surface area (Å²) in [5.74, 6) is 0. The molecule has 0 aliphatic carbocycles. The van der Waals surface area contributed by atoms with Crippen molar-refractivity contribution >= 4 is 17.4 Å². The van der Waals surface area contributed by atoms with Gasteiger partial charge in [0.1, 0.15) is 0 Å². The molecule has 0 atom stereocenters. The molecule has 62 valence electrons. The van der Waals surface area contributed by atoms with Gasteiger partial charge >= 0.3 is 0 Å². The van der Waals surface area contributed by atoms with Crippen LogP contribution in [0, 0.1) is 0 Å². The lowest BCUT2D eigenvalue weighted by Crippen LogP contribution is -2.11. The summed E-state index contributed by atoms with van der Waals surface area (Å²) in [6.45, 7) is 7.30. The molecule has 2 heteroatoms. The Hall–Kier alpha value is 0.434. The molecule has 0 radical (unpaired) electrons. The molecule has 0 nitrogen and oxygen atoms in total. The molecule has 0 unspecified atom stereocenters. The van der Waals surface area contributed by atoms with Crippen LogP contribution in [0.1, 0.15) is 32.6 Å². The second-order valence-corrected chi connectivity index (χ2v) is 14.3. The summed E-state index contributed by atoms with van der Waals surface area (Å²) in [6, 6.07) is 1.64. The third-order valence-corrected chi connectivity index (χ3v) is 8.64. The van der Waals surface area contributed by atoms with Crippen molar-refractivity contribution in [1.82, 2.24) is 0 Å². The molecule has 0 N–H and O–H groups in total. The average Bonchev–Trinajstić information content (AvgIpc) is 1.87.